The second-order valence-electron chi connectivity index (χ2n) is 4.06. The second kappa shape index (κ2) is 4.37. The van der Waals surface area contributed by atoms with E-state index in [4.69, 9.17) is 5.11 Å². The van der Waals surface area contributed by atoms with Gasteiger partial charge in [-0.2, -0.15) is 0 Å². The SMILES string of the molecule is Cc1ccc(C)c(-c2ccc(C(=O)O)nc2)c1. The fourth-order valence-corrected chi connectivity index (χ4v) is 1.73. The summed E-state index contributed by atoms with van der Waals surface area (Å²) in [7, 11) is 0. The van der Waals surface area contributed by atoms with Crippen molar-refractivity contribution in [3.05, 3.63) is 53.3 Å². The fraction of sp³-hybridized carbons (Fsp3) is 0.143. The smallest absolute Gasteiger partial charge is 0.354 e. The van der Waals surface area contributed by atoms with Gasteiger partial charge in [0.1, 0.15) is 5.69 Å². The molecule has 0 spiro atoms. The van der Waals surface area contributed by atoms with Crippen LogP contribution >= 0.6 is 0 Å². The zero-order valence-corrected chi connectivity index (χ0v) is 9.77. The molecule has 1 heterocycles. The molecule has 1 aromatic carbocycles. The Morgan fingerprint density at radius 2 is 1.94 bits per heavy atom. The molecule has 0 radical (unpaired) electrons. The standard InChI is InChI=1S/C14H13NO2/c1-9-3-4-10(2)12(7-9)11-5-6-13(14(16)17)15-8-11/h3-8H,1-2H3,(H,16,17). The van der Waals surface area contributed by atoms with Gasteiger partial charge >= 0.3 is 5.97 Å². The van der Waals surface area contributed by atoms with Gasteiger partial charge in [0.05, 0.1) is 0 Å². The molecule has 0 saturated heterocycles. The summed E-state index contributed by atoms with van der Waals surface area (Å²) < 4.78 is 0. The van der Waals surface area contributed by atoms with E-state index in [9.17, 15) is 4.79 Å². The van der Waals surface area contributed by atoms with E-state index in [2.05, 4.69) is 23.2 Å². The Kier molecular flexibility index (Phi) is 2.91. The fourth-order valence-electron chi connectivity index (χ4n) is 1.73. The molecule has 0 aliphatic rings. The van der Waals surface area contributed by atoms with Gasteiger partial charge in [-0.15, -0.1) is 0 Å². The van der Waals surface area contributed by atoms with Crippen LogP contribution in [0.5, 0.6) is 0 Å². The molecule has 0 atom stereocenters. The number of benzene rings is 1. The molecule has 17 heavy (non-hydrogen) atoms. The molecular formula is C14H13NO2. The van der Waals surface area contributed by atoms with E-state index in [1.54, 1.807) is 12.3 Å². The van der Waals surface area contributed by atoms with E-state index in [1.165, 1.54) is 11.6 Å². The predicted octanol–water partition coefficient (Wildman–Crippen LogP) is 3.06. The molecule has 86 valence electrons. The minimum atomic E-state index is -1.00. The van der Waals surface area contributed by atoms with E-state index >= 15 is 0 Å². The number of hydrogen-bond donors (Lipinski definition) is 1. The minimum Gasteiger partial charge on any atom is -0.477 e. The first-order valence-corrected chi connectivity index (χ1v) is 5.35. The lowest BCUT2D eigenvalue weighted by molar-refractivity contribution is 0.0690. The normalized spacial score (nSPS) is 10.2. The van der Waals surface area contributed by atoms with Crippen molar-refractivity contribution in [3.8, 4) is 11.1 Å². The lowest BCUT2D eigenvalue weighted by atomic mass is 10.00. The van der Waals surface area contributed by atoms with Crippen molar-refractivity contribution < 1.29 is 9.90 Å². The van der Waals surface area contributed by atoms with Crippen molar-refractivity contribution in [2.45, 2.75) is 13.8 Å². The van der Waals surface area contributed by atoms with Crippen LogP contribution in [0.4, 0.5) is 0 Å². The lowest BCUT2D eigenvalue weighted by Gasteiger charge is -2.07. The third-order valence-electron chi connectivity index (χ3n) is 2.69. The zero-order chi connectivity index (χ0) is 12.4. The van der Waals surface area contributed by atoms with Crippen molar-refractivity contribution in [2.75, 3.05) is 0 Å². The van der Waals surface area contributed by atoms with Crippen molar-refractivity contribution in [1.29, 1.82) is 0 Å². The predicted molar refractivity (Wildman–Crippen MR) is 66.1 cm³/mol. The number of nitrogens with zero attached hydrogens (tertiary/aromatic N) is 1. The number of hydrogen-bond acceptors (Lipinski definition) is 2. The molecule has 0 saturated carbocycles. The quantitative estimate of drug-likeness (QED) is 0.857. The van der Waals surface area contributed by atoms with Crippen molar-refractivity contribution in [2.24, 2.45) is 0 Å². The molecule has 0 fully saturated rings. The molecule has 0 amide bonds. The number of carboxylic acids is 1. The van der Waals surface area contributed by atoms with Crippen LogP contribution in [0.25, 0.3) is 11.1 Å². The van der Waals surface area contributed by atoms with Crippen LogP contribution in [-0.4, -0.2) is 16.1 Å². The summed E-state index contributed by atoms with van der Waals surface area (Å²) in [5, 5.41) is 8.78. The monoisotopic (exact) mass is 227 g/mol. The minimum absolute atomic E-state index is 0.0686. The maximum Gasteiger partial charge on any atom is 0.354 e. The van der Waals surface area contributed by atoms with Crippen LogP contribution in [0.3, 0.4) is 0 Å². The Bertz CT molecular complexity index is 559. The summed E-state index contributed by atoms with van der Waals surface area (Å²) in [4.78, 5) is 14.6. The Labute approximate surface area is 99.8 Å². The van der Waals surface area contributed by atoms with Crippen molar-refractivity contribution in [3.63, 3.8) is 0 Å². The molecule has 3 heteroatoms. The van der Waals surface area contributed by atoms with Crippen LogP contribution in [0.1, 0.15) is 21.6 Å². The maximum atomic E-state index is 10.7. The Morgan fingerprint density at radius 1 is 1.18 bits per heavy atom. The molecule has 1 aromatic heterocycles. The van der Waals surface area contributed by atoms with E-state index in [-0.39, 0.29) is 5.69 Å². The molecule has 1 N–H and O–H groups in total. The van der Waals surface area contributed by atoms with Gasteiger partial charge in [0.15, 0.2) is 0 Å². The van der Waals surface area contributed by atoms with Gasteiger partial charge in [0.2, 0.25) is 0 Å². The van der Waals surface area contributed by atoms with Gasteiger partial charge in [-0.3, -0.25) is 0 Å². The number of carboxylic acid groups (broad SMARTS) is 1. The van der Waals surface area contributed by atoms with E-state index in [0.717, 1.165) is 16.7 Å². The third-order valence-corrected chi connectivity index (χ3v) is 2.69. The summed E-state index contributed by atoms with van der Waals surface area (Å²) in [5.41, 5.74) is 4.43. The number of aromatic carboxylic acids is 1. The summed E-state index contributed by atoms with van der Waals surface area (Å²) in [6, 6.07) is 9.50. The first-order valence-electron chi connectivity index (χ1n) is 5.35. The van der Waals surface area contributed by atoms with Gasteiger partial charge in [0.25, 0.3) is 0 Å². The topological polar surface area (TPSA) is 50.2 Å². The number of pyridine rings is 1. The first kappa shape index (κ1) is 11.3. The molecular weight excluding hydrogens is 214 g/mol. The number of aromatic nitrogens is 1. The summed E-state index contributed by atoms with van der Waals surface area (Å²) in [6.45, 7) is 4.06. The van der Waals surface area contributed by atoms with Crippen LogP contribution in [-0.2, 0) is 0 Å². The molecule has 0 unspecified atom stereocenters. The molecule has 0 bridgehead atoms. The van der Waals surface area contributed by atoms with Crippen molar-refractivity contribution in [1.82, 2.24) is 4.98 Å². The number of carbonyl (C=O) groups is 1. The van der Waals surface area contributed by atoms with Crippen LogP contribution in [0.15, 0.2) is 36.5 Å². The van der Waals surface area contributed by atoms with Gasteiger partial charge in [-0.25, -0.2) is 9.78 Å². The first-order chi connectivity index (χ1) is 8.08. The molecule has 2 rings (SSSR count). The Balaban J connectivity index is 2.46. The lowest BCUT2D eigenvalue weighted by Crippen LogP contribution is -1.99. The van der Waals surface area contributed by atoms with E-state index in [1.807, 2.05) is 13.8 Å². The van der Waals surface area contributed by atoms with Gasteiger partial charge in [-0.05, 0) is 31.0 Å². The molecule has 2 aromatic rings. The summed E-state index contributed by atoms with van der Waals surface area (Å²) in [6.07, 6.45) is 1.60. The Morgan fingerprint density at radius 3 is 2.53 bits per heavy atom. The van der Waals surface area contributed by atoms with Crippen LogP contribution in [0.2, 0.25) is 0 Å². The van der Waals surface area contributed by atoms with Gasteiger partial charge < -0.3 is 5.11 Å². The molecule has 0 aliphatic heterocycles. The molecule has 0 aliphatic carbocycles. The van der Waals surface area contributed by atoms with Crippen molar-refractivity contribution >= 4 is 5.97 Å². The largest absolute Gasteiger partial charge is 0.477 e. The summed E-state index contributed by atoms with van der Waals surface area (Å²) in [5.74, 6) is -1.00. The van der Waals surface area contributed by atoms with Gasteiger partial charge in [-0.1, -0.05) is 29.8 Å². The van der Waals surface area contributed by atoms with E-state index < -0.39 is 5.97 Å². The zero-order valence-electron chi connectivity index (χ0n) is 9.77. The highest BCUT2D eigenvalue weighted by molar-refractivity contribution is 5.85. The molecule has 3 nitrogen and oxygen atoms in total. The highest BCUT2D eigenvalue weighted by Crippen LogP contribution is 2.23. The average Bonchev–Trinajstić information content (AvgIpc) is 2.32. The maximum absolute atomic E-state index is 10.7. The van der Waals surface area contributed by atoms with E-state index in [0.29, 0.717) is 0 Å². The van der Waals surface area contributed by atoms with Crippen LogP contribution in [0, 0.1) is 13.8 Å². The number of rotatable bonds is 2. The number of aryl methyl sites for hydroxylation is 2. The third kappa shape index (κ3) is 2.33. The summed E-state index contributed by atoms with van der Waals surface area (Å²) >= 11 is 0. The Hall–Kier alpha value is -2.16. The van der Waals surface area contributed by atoms with Gasteiger partial charge in [0, 0.05) is 11.8 Å². The van der Waals surface area contributed by atoms with Crippen LogP contribution < -0.4 is 0 Å². The highest BCUT2D eigenvalue weighted by Gasteiger charge is 2.06. The second-order valence-corrected chi connectivity index (χ2v) is 4.06. The average molecular weight is 227 g/mol. The highest BCUT2D eigenvalue weighted by atomic mass is 16.4.